The highest BCUT2D eigenvalue weighted by Gasteiger charge is 1.87. The maximum absolute atomic E-state index is 9.68. The third-order valence-electron chi connectivity index (χ3n) is 0.461. The Morgan fingerprint density at radius 3 is 2.38 bits per heavy atom. The second-order valence-electron chi connectivity index (χ2n) is 1.26. The highest BCUT2D eigenvalue weighted by Crippen LogP contribution is 1.80. The van der Waals surface area contributed by atoms with Gasteiger partial charge in [0.25, 0.3) is 0 Å². The summed E-state index contributed by atoms with van der Waals surface area (Å²) in [6.07, 6.45) is 1.01. The second-order valence-corrected chi connectivity index (χ2v) is 1.26. The van der Waals surface area contributed by atoms with Crippen molar-refractivity contribution in [3.05, 3.63) is 19.1 Å². The summed E-state index contributed by atoms with van der Waals surface area (Å²) in [6, 6.07) is 0. The molecule has 0 aromatic rings. The first-order valence-electron chi connectivity index (χ1n) is 2.05. The van der Waals surface area contributed by atoms with E-state index in [1.807, 2.05) is 0 Å². The van der Waals surface area contributed by atoms with Crippen LogP contribution in [0.4, 0.5) is 0 Å². The van der Waals surface area contributed by atoms with Crippen LogP contribution in [-0.4, -0.2) is 22.3 Å². The summed E-state index contributed by atoms with van der Waals surface area (Å²) in [5.41, 5.74) is 0. The van der Waals surface area contributed by atoms with Crippen molar-refractivity contribution < 1.29 is 15.0 Å². The van der Waals surface area contributed by atoms with Gasteiger partial charge in [0, 0.05) is 6.08 Å². The van der Waals surface area contributed by atoms with Crippen LogP contribution in [0.25, 0.3) is 0 Å². The van der Waals surface area contributed by atoms with Crippen molar-refractivity contribution in [3.63, 3.8) is 0 Å². The van der Waals surface area contributed by atoms with Crippen molar-refractivity contribution in [2.24, 2.45) is 0 Å². The van der Waals surface area contributed by atoms with Crippen LogP contribution in [0, 0.1) is 6.92 Å². The number of carboxylic acid groups (broad SMARTS) is 1. The first-order chi connectivity index (χ1) is 3.63. The Balaban J connectivity index is 3.50. The summed E-state index contributed by atoms with van der Waals surface area (Å²) in [5, 5.41) is 16.3. The molecule has 0 saturated carbocycles. The molecular weight excluding hydrogens is 108 g/mol. The van der Waals surface area contributed by atoms with Gasteiger partial charge in [-0.2, -0.15) is 0 Å². The van der Waals surface area contributed by atoms with Crippen molar-refractivity contribution in [1.82, 2.24) is 0 Å². The van der Waals surface area contributed by atoms with E-state index in [1.54, 1.807) is 0 Å². The number of hydrogen-bond donors (Lipinski definition) is 2. The minimum Gasteiger partial charge on any atom is -0.478 e. The summed E-state index contributed by atoms with van der Waals surface area (Å²) in [5.74, 6) is -1.08. The van der Waals surface area contributed by atoms with E-state index in [0.29, 0.717) is 0 Å². The van der Waals surface area contributed by atoms with Crippen molar-refractivity contribution in [3.8, 4) is 0 Å². The van der Waals surface area contributed by atoms with E-state index in [1.165, 1.54) is 0 Å². The van der Waals surface area contributed by atoms with Gasteiger partial charge in [-0.1, -0.05) is 0 Å². The van der Waals surface area contributed by atoms with Gasteiger partial charge in [-0.25, -0.2) is 4.79 Å². The number of carbonyl (C=O) groups is 1. The molecule has 0 fully saturated rings. The van der Waals surface area contributed by atoms with E-state index in [9.17, 15) is 4.79 Å². The standard InChI is InChI=1S/C5H7O3/c1-4(6)2-3-5(7)8/h2-4,6H,1H2,(H,7,8). The van der Waals surface area contributed by atoms with E-state index in [4.69, 9.17) is 10.2 Å². The lowest BCUT2D eigenvalue weighted by Crippen LogP contribution is -1.95. The normalized spacial score (nSPS) is 14.2. The molecule has 3 nitrogen and oxygen atoms in total. The maximum atomic E-state index is 9.68. The van der Waals surface area contributed by atoms with Crippen molar-refractivity contribution in [2.75, 3.05) is 0 Å². The maximum Gasteiger partial charge on any atom is 0.328 e. The molecular formula is C5H7O3. The van der Waals surface area contributed by atoms with Gasteiger partial charge in [0.05, 0.1) is 6.10 Å². The molecule has 0 bridgehead atoms. The van der Waals surface area contributed by atoms with Crippen LogP contribution in [-0.2, 0) is 4.79 Å². The van der Waals surface area contributed by atoms with Gasteiger partial charge in [0.15, 0.2) is 0 Å². The molecule has 1 unspecified atom stereocenters. The molecule has 0 amide bonds. The third kappa shape index (κ3) is 5.17. The smallest absolute Gasteiger partial charge is 0.328 e. The molecule has 1 atom stereocenters. The molecule has 3 heteroatoms. The van der Waals surface area contributed by atoms with Crippen molar-refractivity contribution >= 4 is 5.97 Å². The van der Waals surface area contributed by atoms with Crippen molar-refractivity contribution in [1.29, 1.82) is 0 Å². The zero-order chi connectivity index (χ0) is 6.57. The number of hydrogen-bond acceptors (Lipinski definition) is 2. The molecule has 0 aliphatic carbocycles. The Hall–Kier alpha value is -0.830. The summed E-state index contributed by atoms with van der Waals surface area (Å²) in [7, 11) is 0. The molecule has 1 radical (unpaired) electrons. The highest BCUT2D eigenvalue weighted by molar-refractivity contribution is 5.79. The largest absolute Gasteiger partial charge is 0.478 e. The molecule has 0 aromatic heterocycles. The van der Waals surface area contributed by atoms with Crippen LogP contribution in [0.5, 0.6) is 0 Å². The lowest BCUT2D eigenvalue weighted by Gasteiger charge is -1.88. The van der Waals surface area contributed by atoms with E-state index in [-0.39, 0.29) is 0 Å². The molecule has 0 heterocycles. The average Bonchev–Trinajstić information content (AvgIpc) is 1.61. The van der Waals surface area contributed by atoms with Gasteiger partial charge in [-0.3, -0.25) is 0 Å². The minimum atomic E-state index is -1.08. The van der Waals surface area contributed by atoms with Crippen LogP contribution in [0.15, 0.2) is 12.2 Å². The molecule has 8 heavy (non-hydrogen) atoms. The molecule has 45 valence electrons. The lowest BCUT2D eigenvalue weighted by atomic mass is 10.4. The average molecular weight is 115 g/mol. The predicted octanol–water partition coefficient (Wildman–Crippen LogP) is -0.178. The van der Waals surface area contributed by atoms with Crippen LogP contribution in [0.1, 0.15) is 0 Å². The number of aliphatic carboxylic acids is 1. The fourth-order valence-electron chi connectivity index (χ4n) is 0.193. The minimum absolute atomic E-state index is 0.845. The van der Waals surface area contributed by atoms with Crippen molar-refractivity contribution in [2.45, 2.75) is 6.10 Å². The zero-order valence-electron chi connectivity index (χ0n) is 4.24. The molecule has 0 saturated heterocycles. The Morgan fingerprint density at radius 1 is 1.75 bits per heavy atom. The van der Waals surface area contributed by atoms with Gasteiger partial charge in [-0.05, 0) is 13.0 Å². The van der Waals surface area contributed by atoms with Gasteiger partial charge < -0.3 is 10.2 Å². The lowest BCUT2D eigenvalue weighted by molar-refractivity contribution is -0.131. The van der Waals surface area contributed by atoms with Gasteiger partial charge in [0.1, 0.15) is 0 Å². The quantitative estimate of drug-likeness (QED) is 0.491. The number of aliphatic hydroxyl groups excluding tert-OH is 1. The monoisotopic (exact) mass is 115 g/mol. The van der Waals surface area contributed by atoms with E-state index < -0.39 is 12.1 Å². The first-order valence-corrected chi connectivity index (χ1v) is 2.05. The molecule has 2 N–H and O–H groups in total. The molecule has 0 aliphatic rings. The predicted molar refractivity (Wildman–Crippen MR) is 28.1 cm³/mol. The molecule has 0 spiro atoms. The SMILES string of the molecule is [CH2]C(O)C=CC(=O)O. The first kappa shape index (κ1) is 7.17. The molecule has 0 rings (SSSR count). The summed E-state index contributed by atoms with van der Waals surface area (Å²) in [4.78, 5) is 9.68. The van der Waals surface area contributed by atoms with Crippen LogP contribution < -0.4 is 0 Å². The van der Waals surface area contributed by atoms with E-state index in [0.717, 1.165) is 12.2 Å². The highest BCUT2D eigenvalue weighted by atomic mass is 16.4. The van der Waals surface area contributed by atoms with Crippen LogP contribution in [0.2, 0.25) is 0 Å². The summed E-state index contributed by atoms with van der Waals surface area (Å²) in [6.45, 7) is 3.12. The third-order valence-corrected chi connectivity index (χ3v) is 0.461. The molecule has 0 aliphatic heterocycles. The molecule has 0 aromatic carbocycles. The Morgan fingerprint density at radius 2 is 2.25 bits per heavy atom. The Labute approximate surface area is 47.3 Å². The van der Waals surface area contributed by atoms with Crippen LogP contribution >= 0.6 is 0 Å². The topological polar surface area (TPSA) is 57.5 Å². The number of rotatable bonds is 2. The Bertz CT molecular complexity index is 104. The van der Waals surface area contributed by atoms with Gasteiger partial charge >= 0.3 is 5.97 Å². The number of aliphatic hydroxyl groups is 1. The fraction of sp³-hybridized carbons (Fsp3) is 0.200. The second kappa shape index (κ2) is 3.21. The fourth-order valence-corrected chi connectivity index (χ4v) is 0.193. The van der Waals surface area contributed by atoms with E-state index in [2.05, 4.69) is 6.92 Å². The summed E-state index contributed by atoms with van der Waals surface area (Å²) < 4.78 is 0. The Kier molecular flexibility index (Phi) is 2.88. The van der Waals surface area contributed by atoms with Gasteiger partial charge in [-0.15, -0.1) is 0 Å². The zero-order valence-corrected chi connectivity index (χ0v) is 4.24. The number of carboxylic acids is 1. The van der Waals surface area contributed by atoms with E-state index >= 15 is 0 Å². The van der Waals surface area contributed by atoms with Gasteiger partial charge in [0.2, 0.25) is 0 Å². The van der Waals surface area contributed by atoms with Crippen LogP contribution in [0.3, 0.4) is 0 Å². The summed E-state index contributed by atoms with van der Waals surface area (Å²) >= 11 is 0.